The molecule has 164 valence electrons. The van der Waals surface area contributed by atoms with Crippen LogP contribution in [0.3, 0.4) is 0 Å². The van der Waals surface area contributed by atoms with Crippen LogP contribution < -0.4 is 5.32 Å². The third-order valence-corrected chi connectivity index (χ3v) is 6.01. The van der Waals surface area contributed by atoms with Crippen LogP contribution in [-0.2, 0) is 19.7 Å². The van der Waals surface area contributed by atoms with Crippen molar-refractivity contribution in [2.24, 2.45) is 0 Å². The van der Waals surface area contributed by atoms with Gasteiger partial charge < -0.3 is 20.1 Å². The van der Waals surface area contributed by atoms with Gasteiger partial charge in [-0.15, -0.1) is 0 Å². The molecule has 9 heteroatoms. The lowest BCUT2D eigenvalue weighted by molar-refractivity contribution is -0.192. The van der Waals surface area contributed by atoms with Crippen LogP contribution in [0.4, 0.5) is 13.2 Å². The minimum Gasteiger partial charge on any atom is -0.475 e. The summed E-state index contributed by atoms with van der Waals surface area (Å²) in [6, 6.07) is 8.58. The number of allylic oxidation sites excluding steroid dienone is 1. The molecule has 0 saturated carbocycles. The first-order valence-electron chi connectivity index (χ1n) is 9.80. The second kappa shape index (κ2) is 8.77. The molecule has 0 unspecified atom stereocenters. The number of rotatable bonds is 2. The number of carboxylic acid groups (broad SMARTS) is 1. The maximum atomic E-state index is 12.7. The van der Waals surface area contributed by atoms with Crippen molar-refractivity contribution in [1.29, 1.82) is 0 Å². The summed E-state index contributed by atoms with van der Waals surface area (Å²) in [5.74, 6) is -2.51. The summed E-state index contributed by atoms with van der Waals surface area (Å²) in [7, 11) is 1.72. The van der Waals surface area contributed by atoms with Gasteiger partial charge in [-0.05, 0) is 30.4 Å². The number of carbonyl (C=O) groups excluding carboxylic acids is 1. The topological polar surface area (TPSA) is 78.9 Å². The molecule has 6 nitrogen and oxygen atoms in total. The maximum absolute atomic E-state index is 12.7. The number of piperidine rings is 1. The summed E-state index contributed by atoms with van der Waals surface area (Å²) in [5, 5.41) is 10.4. The van der Waals surface area contributed by atoms with Gasteiger partial charge in [0, 0.05) is 32.2 Å². The number of nitrogens with one attached hydrogen (secondary N) is 1. The predicted octanol–water partition coefficient (Wildman–Crippen LogP) is 2.58. The molecule has 2 aliphatic heterocycles. The number of halogens is 3. The first-order valence-corrected chi connectivity index (χ1v) is 9.80. The normalized spacial score (nSPS) is 24.3. The van der Waals surface area contributed by atoms with Gasteiger partial charge in [0.05, 0.1) is 12.1 Å². The number of hydrogen-bond acceptors (Lipinski definition) is 4. The minimum absolute atomic E-state index is 0.0691. The molecule has 0 bridgehead atoms. The number of hydrogen-bond donors (Lipinski definition) is 2. The van der Waals surface area contributed by atoms with E-state index < -0.39 is 12.1 Å². The summed E-state index contributed by atoms with van der Waals surface area (Å²) in [5.41, 5.74) is 2.92. The molecule has 2 heterocycles. The Kier molecular flexibility index (Phi) is 6.52. The lowest BCUT2D eigenvalue weighted by Crippen LogP contribution is -2.49. The number of carbonyl (C=O) groups is 2. The van der Waals surface area contributed by atoms with Gasteiger partial charge in [-0.1, -0.05) is 36.4 Å². The molecule has 3 aliphatic rings. The number of ether oxygens (including phenoxy) is 1. The van der Waals surface area contributed by atoms with E-state index >= 15 is 0 Å². The van der Waals surface area contributed by atoms with Crippen LogP contribution in [0.15, 0.2) is 30.3 Å². The van der Waals surface area contributed by atoms with E-state index in [4.69, 9.17) is 14.6 Å². The standard InChI is InChI=1S/C19H24N2O2.C2HF3O2/c1-23-15-12-17(20-13-15)18(22)21-10-8-19(9-11-21)7-6-14-4-2-3-5-16(14)19;3-2(4,5)1(6)7/h2-7,15,17,20H,8-13H2,1H3;(H,6,7)/t15-,17-;/m0./s1. The molecule has 2 N–H and O–H groups in total. The van der Waals surface area contributed by atoms with Crippen molar-refractivity contribution < 1.29 is 32.6 Å². The molecule has 2 atom stereocenters. The van der Waals surface area contributed by atoms with Crippen LogP contribution in [0, 0.1) is 0 Å². The van der Waals surface area contributed by atoms with Crippen molar-refractivity contribution in [2.45, 2.75) is 43.0 Å². The Hall–Kier alpha value is -2.39. The first kappa shape index (κ1) is 22.3. The number of benzene rings is 1. The molecule has 1 aliphatic carbocycles. The highest BCUT2D eigenvalue weighted by molar-refractivity contribution is 5.82. The highest BCUT2D eigenvalue weighted by Gasteiger charge is 2.41. The lowest BCUT2D eigenvalue weighted by atomic mass is 9.74. The van der Waals surface area contributed by atoms with Crippen LogP contribution in [0.2, 0.25) is 0 Å². The molecule has 30 heavy (non-hydrogen) atoms. The van der Waals surface area contributed by atoms with Crippen molar-refractivity contribution >= 4 is 18.0 Å². The van der Waals surface area contributed by atoms with E-state index in [2.05, 4.69) is 41.7 Å². The van der Waals surface area contributed by atoms with Crippen molar-refractivity contribution in [1.82, 2.24) is 10.2 Å². The molecule has 2 saturated heterocycles. The van der Waals surface area contributed by atoms with Gasteiger partial charge in [-0.3, -0.25) is 4.79 Å². The third kappa shape index (κ3) is 4.67. The van der Waals surface area contributed by atoms with Gasteiger partial charge in [0.25, 0.3) is 0 Å². The molecule has 2 fully saturated rings. The first-order chi connectivity index (χ1) is 14.2. The summed E-state index contributed by atoms with van der Waals surface area (Å²) < 4.78 is 37.1. The number of aliphatic carboxylic acids is 1. The summed E-state index contributed by atoms with van der Waals surface area (Å²) >= 11 is 0. The van der Waals surface area contributed by atoms with E-state index in [1.165, 1.54) is 11.1 Å². The number of likely N-dealkylation sites (tertiary alicyclic amines) is 1. The van der Waals surface area contributed by atoms with E-state index in [9.17, 15) is 18.0 Å². The molecule has 1 aromatic rings. The van der Waals surface area contributed by atoms with Gasteiger partial charge in [0.2, 0.25) is 5.91 Å². The van der Waals surface area contributed by atoms with Crippen LogP contribution in [0.1, 0.15) is 30.4 Å². The Bertz CT molecular complexity index is 817. The van der Waals surface area contributed by atoms with Gasteiger partial charge in [0.15, 0.2) is 0 Å². The van der Waals surface area contributed by atoms with Crippen molar-refractivity contribution in [3.63, 3.8) is 0 Å². The molecule has 1 spiro atoms. The molecule has 0 radical (unpaired) electrons. The zero-order valence-electron chi connectivity index (χ0n) is 16.6. The number of methoxy groups -OCH3 is 1. The Morgan fingerprint density at radius 1 is 1.23 bits per heavy atom. The fourth-order valence-corrected chi connectivity index (χ4v) is 4.29. The largest absolute Gasteiger partial charge is 0.490 e. The zero-order valence-corrected chi connectivity index (χ0v) is 16.6. The smallest absolute Gasteiger partial charge is 0.475 e. The van der Waals surface area contributed by atoms with E-state index in [-0.39, 0.29) is 23.5 Å². The summed E-state index contributed by atoms with van der Waals surface area (Å²) in [6.07, 6.45) is 2.52. The number of fused-ring (bicyclic) bond motifs is 2. The second-order valence-electron chi connectivity index (χ2n) is 7.76. The molecule has 0 aromatic heterocycles. The van der Waals surface area contributed by atoms with Gasteiger partial charge in [-0.25, -0.2) is 4.79 Å². The quantitative estimate of drug-likeness (QED) is 0.760. The number of carboxylic acids is 1. The van der Waals surface area contributed by atoms with Crippen LogP contribution in [0.25, 0.3) is 6.08 Å². The van der Waals surface area contributed by atoms with Crippen molar-refractivity contribution in [2.75, 3.05) is 26.7 Å². The molecule has 1 amide bonds. The monoisotopic (exact) mass is 426 g/mol. The number of nitrogens with zero attached hydrogens (tertiary/aromatic N) is 1. The molecular weight excluding hydrogens is 401 g/mol. The van der Waals surface area contributed by atoms with Crippen molar-refractivity contribution in [3.05, 3.63) is 41.5 Å². The van der Waals surface area contributed by atoms with Gasteiger partial charge >= 0.3 is 12.1 Å². The van der Waals surface area contributed by atoms with E-state index in [0.29, 0.717) is 0 Å². The average molecular weight is 426 g/mol. The zero-order chi connectivity index (χ0) is 21.9. The molecule has 4 rings (SSSR count). The van der Waals surface area contributed by atoms with Crippen molar-refractivity contribution in [3.8, 4) is 0 Å². The fraction of sp³-hybridized carbons (Fsp3) is 0.524. The van der Waals surface area contributed by atoms with Gasteiger partial charge in [-0.2, -0.15) is 13.2 Å². The number of alkyl halides is 3. The Balaban J connectivity index is 0.000000318. The van der Waals surface area contributed by atoms with E-state index in [1.807, 2.05) is 4.90 Å². The van der Waals surface area contributed by atoms with Crippen LogP contribution >= 0.6 is 0 Å². The second-order valence-corrected chi connectivity index (χ2v) is 7.76. The number of amides is 1. The Morgan fingerprint density at radius 3 is 2.43 bits per heavy atom. The lowest BCUT2D eigenvalue weighted by Gasteiger charge is -2.40. The molecular formula is C21H25F3N2O4. The summed E-state index contributed by atoms with van der Waals surface area (Å²) in [6.45, 7) is 2.46. The van der Waals surface area contributed by atoms with Crippen LogP contribution in [-0.4, -0.2) is 66.9 Å². The van der Waals surface area contributed by atoms with E-state index in [1.54, 1.807) is 7.11 Å². The Labute approximate surface area is 172 Å². The van der Waals surface area contributed by atoms with Gasteiger partial charge in [0.1, 0.15) is 0 Å². The predicted molar refractivity (Wildman–Crippen MR) is 104 cm³/mol. The fourth-order valence-electron chi connectivity index (χ4n) is 4.29. The maximum Gasteiger partial charge on any atom is 0.490 e. The molecule has 1 aromatic carbocycles. The Morgan fingerprint density at radius 2 is 1.87 bits per heavy atom. The van der Waals surface area contributed by atoms with E-state index in [0.717, 1.165) is 38.9 Å². The highest BCUT2D eigenvalue weighted by atomic mass is 19.4. The third-order valence-electron chi connectivity index (χ3n) is 6.01. The highest BCUT2D eigenvalue weighted by Crippen LogP contribution is 2.43. The van der Waals surface area contributed by atoms with Crippen LogP contribution in [0.5, 0.6) is 0 Å². The minimum atomic E-state index is -5.08. The average Bonchev–Trinajstić information content (AvgIpc) is 3.34. The SMILES string of the molecule is CO[C@@H]1CN[C@H](C(=O)N2CCC3(C=Cc4ccccc43)CC2)C1.O=C(O)C(F)(F)F. The summed E-state index contributed by atoms with van der Waals surface area (Å²) in [4.78, 5) is 23.6.